The Kier molecular flexibility index (Phi) is 6.23. The maximum absolute atomic E-state index is 11.1. The first kappa shape index (κ1) is 23.0. The molecule has 158 valence electrons. The molecule has 0 aliphatic carbocycles. The van der Waals surface area contributed by atoms with Gasteiger partial charge in [0.1, 0.15) is 12.4 Å². The molecule has 2 aromatic rings. The van der Waals surface area contributed by atoms with Crippen molar-refractivity contribution >= 4 is 5.97 Å². The fourth-order valence-corrected chi connectivity index (χ4v) is 3.23. The predicted molar refractivity (Wildman–Crippen MR) is 120 cm³/mol. The molecule has 2 rings (SSSR count). The number of carboxylic acids is 1. The van der Waals surface area contributed by atoms with Gasteiger partial charge in [0.25, 0.3) is 0 Å². The first-order valence-electron chi connectivity index (χ1n) is 10.3. The third-order valence-electron chi connectivity index (χ3n) is 5.16. The van der Waals surface area contributed by atoms with Crippen molar-refractivity contribution in [3.63, 3.8) is 0 Å². The van der Waals surface area contributed by atoms with Crippen molar-refractivity contribution < 1.29 is 14.6 Å². The lowest BCUT2D eigenvalue weighted by Crippen LogP contribution is -2.23. The first-order valence-corrected chi connectivity index (χ1v) is 10.3. The van der Waals surface area contributed by atoms with Crippen molar-refractivity contribution in [1.82, 2.24) is 0 Å². The summed E-state index contributed by atoms with van der Waals surface area (Å²) in [5.74, 6) is 0.0283. The lowest BCUT2D eigenvalue weighted by Gasteiger charge is -2.33. The van der Waals surface area contributed by atoms with Gasteiger partial charge in [0.2, 0.25) is 0 Å². The van der Waals surface area contributed by atoms with Crippen LogP contribution in [0, 0.1) is 0 Å². The summed E-state index contributed by atoms with van der Waals surface area (Å²) in [5.41, 5.74) is 4.88. The molecule has 0 amide bonds. The molecule has 0 atom stereocenters. The smallest absolute Gasteiger partial charge is 0.335 e. The maximum Gasteiger partial charge on any atom is 0.335 e. The quantitative estimate of drug-likeness (QED) is 0.614. The van der Waals surface area contributed by atoms with Gasteiger partial charge in [0.15, 0.2) is 0 Å². The van der Waals surface area contributed by atoms with Crippen LogP contribution in [0.3, 0.4) is 0 Å². The summed E-state index contributed by atoms with van der Waals surface area (Å²) >= 11 is 0. The van der Waals surface area contributed by atoms with Crippen LogP contribution in [0.2, 0.25) is 0 Å². The normalized spacial score (nSPS) is 12.7. The molecule has 0 fully saturated rings. The molecule has 0 heterocycles. The fraction of sp³-hybridized carbons (Fsp3) is 0.500. The Morgan fingerprint density at radius 2 is 1.24 bits per heavy atom. The van der Waals surface area contributed by atoms with Gasteiger partial charge in [0.05, 0.1) is 5.56 Å². The Hall–Kier alpha value is -2.29. The topological polar surface area (TPSA) is 46.5 Å². The van der Waals surface area contributed by atoms with Crippen LogP contribution in [0.4, 0.5) is 0 Å². The zero-order chi connectivity index (χ0) is 22.2. The zero-order valence-electron chi connectivity index (χ0n) is 19.4. The van der Waals surface area contributed by atoms with E-state index in [1.807, 2.05) is 12.1 Å². The molecule has 0 saturated carbocycles. The Balaban J connectivity index is 2.54. The zero-order valence-corrected chi connectivity index (χ0v) is 19.4. The van der Waals surface area contributed by atoms with Gasteiger partial charge in [-0.05, 0) is 39.5 Å². The van der Waals surface area contributed by atoms with E-state index in [0.29, 0.717) is 6.61 Å². The highest BCUT2D eigenvalue weighted by molar-refractivity contribution is 5.87. The average Bonchev–Trinajstić information content (AvgIpc) is 2.57. The summed E-state index contributed by atoms with van der Waals surface area (Å²) in [4.78, 5) is 11.1. The second-order valence-electron chi connectivity index (χ2n) is 10.9. The van der Waals surface area contributed by atoms with Crippen molar-refractivity contribution in [1.29, 1.82) is 0 Å². The molecule has 0 unspecified atom stereocenters. The van der Waals surface area contributed by atoms with E-state index in [0.717, 1.165) is 11.3 Å². The highest BCUT2D eigenvalue weighted by Crippen LogP contribution is 2.43. The van der Waals surface area contributed by atoms with Gasteiger partial charge < -0.3 is 9.84 Å². The van der Waals surface area contributed by atoms with Gasteiger partial charge in [0, 0.05) is 11.1 Å². The van der Waals surface area contributed by atoms with Crippen LogP contribution >= 0.6 is 0 Å². The van der Waals surface area contributed by atoms with Gasteiger partial charge in [-0.2, -0.15) is 0 Å². The Morgan fingerprint density at radius 3 is 1.59 bits per heavy atom. The summed E-state index contributed by atoms with van der Waals surface area (Å²) < 4.78 is 6.43. The van der Waals surface area contributed by atoms with Crippen LogP contribution in [0.25, 0.3) is 0 Å². The average molecular weight is 397 g/mol. The fourth-order valence-electron chi connectivity index (χ4n) is 3.23. The lowest BCUT2D eigenvalue weighted by molar-refractivity contribution is 0.0697. The second kappa shape index (κ2) is 7.85. The Labute approximate surface area is 176 Å². The Morgan fingerprint density at radius 1 is 0.793 bits per heavy atom. The van der Waals surface area contributed by atoms with Crippen molar-refractivity contribution in [2.45, 2.75) is 85.2 Å². The molecular weight excluding hydrogens is 360 g/mol. The van der Waals surface area contributed by atoms with Crippen LogP contribution in [0.1, 0.15) is 94.9 Å². The molecule has 3 heteroatoms. The summed E-state index contributed by atoms with van der Waals surface area (Å²) in [6.07, 6.45) is 0. The molecule has 3 nitrogen and oxygen atoms in total. The molecule has 0 saturated heterocycles. The highest BCUT2D eigenvalue weighted by Gasteiger charge is 2.30. The molecule has 2 aromatic carbocycles. The van der Waals surface area contributed by atoms with Gasteiger partial charge in [-0.15, -0.1) is 0 Å². The van der Waals surface area contributed by atoms with Crippen molar-refractivity contribution in [2.75, 3.05) is 0 Å². The Bertz CT molecular complexity index is 835. The molecule has 0 radical (unpaired) electrons. The number of benzene rings is 2. The molecule has 1 N–H and O–H groups in total. The summed E-state index contributed by atoms with van der Waals surface area (Å²) in [5, 5.41) is 9.10. The highest BCUT2D eigenvalue weighted by atomic mass is 16.5. The summed E-state index contributed by atoms with van der Waals surface area (Å²) in [6.45, 7) is 20.4. The molecular formula is C26H36O3. The lowest BCUT2D eigenvalue weighted by atomic mass is 9.74. The van der Waals surface area contributed by atoms with Gasteiger partial charge >= 0.3 is 5.97 Å². The number of rotatable bonds is 4. The minimum Gasteiger partial charge on any atom is -0.488 e. The minimum absolute atomic E-state index is 0.0468. The van der Waals surface area contributed by atoms with E-state index in [-0.39, 0.29) is 21.8 Å². The van der Waals surface area contributed by atoms with E-state index in [9.17, 15) is 4.79 Å². The van der Waals surface area contributed by atoms with Crippen LogP contribution in [0.15, 0.2) is 36.4 Å². The van der Waals surface area contributed by atoms with E-state index in [4.69, 9.17) is 9.84 Å². The van der Waals surface area contributed by atoms with E-state index in [2.05, 4.69) is 74.4 Å². The number of carbonyl (C=O) groups is 1. The molecule has 0 spiro atoms. The second-order valence-corrected chi connectivity index (χ2v) is 10.9. The van der Waals surface area contributed by atoms with Crippen molar-refractivity contribution in [3.05, 3.63) is 64.2 Å². The number of hydrogen-bond acceptors (Lipinski definition) is 2. The van der Waals surface area contributed by atoms with Gasteiger partial charge in [-0.25, -0.2) is 4.79 Å². The maximum atomic E-state index is 11.1. The third-order valence-corrected chi connectivity index (χ3v) is 5.16. The van der Waals surface area contributed by atoms with E-state index >= 15 is 0 Å². The number of hydrogen-bond donors (Lipinski definition) is 1. The minimum atomic E-state index is -0.916. The molecule has 0 aliphatic rings. The van der Waals surface area contributed by atoms with Crippen molar-refractivity contribution in [2.24, 2.45) is 0 Å². The molecule has 0 bridgehead atoms. The summed E-state index contributed by atoms with van der Waals surface area (Å²) in [7, 11) is 0. The van der Waals surface area contributed by atoms with Crippen LogP contribution in [0.5, 0.6) is 5.75 Å². The first-order chi connectivity index (χ1) is 13.1. The largest absolute Gasteiger partial charge is 0.488 e. The molecule has 29 heavy (non-hydrogen) atoms. The molecule has 0 aliphatic heterocycles. The van der Waals surface area contributed by atoms with E-state index in [1.165, 1.54) is 16.7 Å². The third kappa shape index (κ3) is 5.62. The molecule has 0 aromatic heterocycles. The van der Waals surface area contributed by atoms with Gasteiger partial charge in [-0.3, -0.25) is 0 Å². The van der Waals surface area contributed by atoms with E-state index in [1.54, 1.807) is 12.1 Å². The SMILES string of the molecule is CC(C)(C)c1cc(C(C)(C)C)c(OCc2ccc(C(=O)O)cc2)c(C(C)(C)C)c1. The van der Waals surface area contributed by atoms with E-state index < -0.39 is 5.97 Å². The van der Waals surface area contributed by atoms with Crippen LogP contribution < -0.4 is 4.74 Å². The van der Waals surface area contributed by atoms with Gasteiger partial charge in [-0.1, -0.05) is 86.6 Å². The standard InChI is InChI=1S/C26H36O3/c1-24(2,3)19-14-20(25(4,5)6)22(21(15-19)26(7,8)9)29-16-17-10-12-18(13-11-17)23(27)28/h10-15H,16H2,1-9H3,(H,27,28). The van der Waals surface area contributed by atoms with Crippen LogP contribution in [-0.2, 0) is 22.9 Å². The number of carboxylic acid groups (broad SMARTS) is 1. The monoisotopic (exact) mass is 396 g/mol. The predicted octanol–water partition coefficient (Wildman–Crippen LogP) is 6.86. The number of ether oxygens (including phenoxy) is 1. The van der Waals surface area contributed by atoms with Crippen molar-refractivity contribution in [3.8, 4) is 5.75 Å². The summed E-state index contributed by atoms with van der Waals surface area (Å²) in [6, 6.07) is 11.5. The van der Waals surface area contributed by atoms with Crippen LogP contribution in [-0.4, -0.2) is 11.1 Å². The number of aromatic carboxylic acids is 1.